The first-order valence-corrected chi connectivity index (χ1v) is 1.88. The van der Waals surface area contributed by atoms with Gasteiger partial charge in [0.05, 0.1) is 12.5 Å². The third kappa shape index (κ3) is 5.41. The van der Waals surface area contributed by atoms with Gasteiger partial charge in [0.1, 0.15) is 0 Å². The van der Waals surface area contributed by atoms with Crippen molar-refractivity contribution in [3.8, 4) is 6.07 Å². The molecule has 0 saturated carbocycles. The number of nitriles is 1. The SMILES string of the molecule is CC(O)(O)CC#N. The summed E-state index contributed by atoms with van der Waals surface area (Å²) in [7, 11) is 0. The molecule has 0 heterocycles. The molecular formula is C4H7NO2. The lowest BCUT2D eigenvalue weighted by Crippen LogP contribution is -2.21. The number of hydrogen-bond donors (Lipinski definition) is 2. The van der Waals surface area contributed by atoms with Crippen LogP contribution in [0, 0.1) is 11.3 Å². The van der Waals surface area contributed by atoms with Gasteiger partial charge in [0.25, 0.3) is 0 Å². The quantitative estimate of drug-likeness (QED) is 0.442. The molecule has 0 spiro atoms. The van der Waals surface area contributed by atoms with E-state index in [-0.39, 0.29) is 6.42 Å². The molecule has 0 aromatic carbocycles. The highest BCUT2D eigenvalue weighted by Gasteiger charge is 2.12. The van der Waals surface area contributed by atoms with Gasteiger partial charge in [0, 0.05) is 0 Å². The predicted octanol–water partition coefficient (Wildman–Crippen LogP) is -0.399. The van der Waals surface area contributed by atoms with Crippen molar-refractivity contribution in [1.82, 2.24) is 0 Å². The first-order chi connectivity index (χ1) is 3.06. The minimum Gasteiger partial charge on any atom is -0.365 e. The van der Waals surface area contributed by atoms with E-state index in [0.29, 0.717) is 0 Å². The standard InChI is InChI=1S/C4H7NO2/c1-4(6,7)2-3-5/h6-7H,2H2,1H3. The van der Waals surface area contributed by atoms with Gasteiger partial charge in [-0.3, -0.25) is 0 Å². The first kappa shape index (κ1) is 6.41. The maximum atomic E-state index is 8.35. The number of nitrogens with zero attached hydrogens (tertiary/aromatic N) is 1. The monoisotopic (exact) mass is 101 g/mol. The normalized spacial score (nSPS) is 10.6. The van der Waals surface area contributed by atoms with Crippen LogP contribution in [-0.2, 0) is 0 Å². The highest BCUT2D eigenvalue weighted by molar-refractivity contribution is 4.76. The molecule has 0 saturated heterocycles. The minimum atomic E-state index is -1.81. The summed E-state index contributed by atoms with van der Waals surface area (Å²) in [5.41, 5.74) is 0. The molecule has 2 N–H and O–H groups in total. The molecule has 0 rings (SSSR count). The van der Waals surface area contributed by atoms with Crippen LogP contribution in [0.15, 0.2) is 0 Å². The summed E-state index contributed by atoms with van der Waals surface area (Å²) in [4.78, 5) is 0. The van der Waals surface area contributed by atoms with E-state index < -0.39 is 5.79 Å². The van der Waals surface area contributed by atoms with Crippen LogP contribution < -0.4 is 0 Å². The third-order valence-corrected chi connectivity index (χ3v) is 0.414. The summed E-state index contributed by atoms with van der Waals surface area (Å²) < 4.78 is 0. The maximum Gasteiger partial charge on any atom is 0.172 e. The Morgan fingerprint density at radius 2 is 2.14 bits per heavy atom. The zero-order chi connectivity index (χ0) is 5.91. The Hall–Kier alpha value is -0.590. The van der Waals surface area contributed by atoms with E-state index in [0.717, 1.165) is 6.92 Å². The van der Waals surface area contributed by atoms with E-state index >= 15 is 0 Å². The van der Waals surface area contributed by atoms with E-state index in [1.165, 1.54) is 0 Å². The van der Waals surface area contributed by atoms with Crippen molar-refractivity contribution in [1.29, 1.82) is 5.26 Å². The van der Waals surface area contributed by atoms with E-state index in [2.05, 4.69) is 0 Å². The van der Waals surface area contributed by atoms with Crippen LogP contribution in [0.25, 0.3) is 0 Å². The van der Waals surface area contributed by atoms with Crippen LogP contribution in [0.4, 0.5) is 0 Å². The van der Waals surface area contributed by atoms with Crippen LogP contribution in [0.3, 0.4) is 0 Å². The minimum absolute atomic E-state index is 0.243. The van der Waals surface area contributed by atoms with Gasteiger partial charge >= 0.3 is 0 Å². The van der Waals surface area contributed by atoms with Gasteiger partial charge in [-0.1, -0.05) is 0 Å². The Morgan fingerprint density at radius 3 is 2.14 bits per heavy atom. The second kappa shape index (κ2) is 1.92. The summed E-state index contributed by atoms with van der Waals surface area (Å²) in [5.74, 6) is -1.81. The van der Waals surface area contributed by atoms with E-state index in [1.54, 1.807) is 6.07 Å². The average molecular weight is 101 g/mol. The van der Waals surface area contributed by atoms with Crippen molar-refractivity contribution in [2.45, 2.75) is 19.1 Å². The molecular weight excluding hydrogens is 94.0 g/mol. The largest absolute Gasteiger partial charge is 0.365 e. The molecule has 0 atom stereocenters. The summed E-state index contributed by atoms with van der Waals surface area (Å²) >= 11 is 0. The number of rotatable bonds is 1. The summed E-state index contributed by atoms with van der Waals surface area (Å²) in [6, 6.07) is 1.61. The molecule has 3 heteroatoms. The topological polar surface area (TPSA) is 64.2 Å². The maximum absolute atomic E-state index is 8.35. The van der Waals surface area contributed by atoms with Crippen LogP contribution in [0.2, 0.25) is 0 Å². The predicted molar refractivity (Wildman–Crippen MR) is 23.1 cm³/mol. The summed E-state index contributed by atoms with van der Waals surface area (Å²) in [5, 5.41) is 24.5. The van der Waals surface area contributed by atoms with Crippen LogP contribution in [0.1, 0.15) is 13.3 Å². The second-order valence-corrected chi connectivity index (χ2v) is 1.55. The molecule has 0 amide bonds. The van der Waals surface area contributed by atoms with Crippen molar-refractivity contribution in [2.75, 3.05) is 0 Å². The molecule has 0 fully saturated rings. The molecule has 3 nitrogen and oxygen atoms in total. The van der Waals surface area contributed by atoms with Gasteiger partial charge in [0.15, 0.2) is 5.79 Å². The second-order valence-electron chi connectivity index (χ2n) is 1.55. The Kier molecular flexibility index (Phi) is 1.75. The highest BCUT2D eigenvalue weighted by atomic mass is 16.5. The van der Waals surface area contributed by atoms with Gasteiger partial charge in [0.2, 0.25) is 0 Å². The van der Waals surface area contributed by atoms with Gasteiger partial charge in [-0.2, -0.15) is 5.26 Å². The smallest absolute Gasteiger partial charge is 0.172 e. The van der Waals surface area contributed by atoms with E-state index in [9.17, 15) is 0 Å². The average Bonchev–Trinajstić information content (AvgIpc) is 1.30. The lowest BCUT2D eigenvalue weighted by Gasteiger charge is -2.08. The van der Waals surface area contributed by atoms with E-state index in [1.807, 2.05) is 0 Å². The van der Waals surface area contributed by atoms with Crippen molar-refractivity contribution in [2.24, 2.45) is 0 Å². The van der Waals surface area contributed by atoms with Crippen molar-refractivity contribution in [3.63, 3.8) is 0 Å². The van der Waals surface area contributed by atoms with Crippen molar-refractivity contribution >= 4 is 0 Å². The lowest BCUT2D eigenvalue weighted by atomic mass is 10.2. The Morgan fingerprint density at radius 1 is 1.71 bits per heavy atom. The number of aliphatic hydroxyl groups is 2. The molecule has 0 aliphatic carbocycles. The molecule has 0 aliphatic heterocycles. The van der Waals surface area contributed by atoms with Gasteiger partial charge in [-0.15, -0.1) is 0 Å². The third-order valence-electron chi connectivity index (χ3n) is 0.414. The fourth-order valence-electron chi connectivity index (χ4n) is 0.150. The summed E-state index contributed by atoms with van der Waals surface area (Å²) in [6.07, 6.45) is -0.243. The highest BCUT2D eigenvalue weighted by Crippen LogP contribution is 1.99. The fraction of sp³-hybridized carbons (Fsp3) is 0.750. The molecule has 0 unspecified atom stereocenters. The van der Waals surface area contributed by atoms with Gasteiger partial charge in [-0.05, 0) is 6.92 Å². The molecule has 0 aromatic rings. The number of hydrogen-bond acceptors (Lipinski definition) is 3. The zero-order valence-corrected chi connectivity index (χ0v) is 4.05. The Labute approximate surface area is 41.8 Å². The van der Waals surface area contributed by atoms with Gasteiger partial charge in [-0.25, -0.2) is 0 Å². The Bertz CT molecular complexity index is 86.8. The first-order valence-electron chi connectivity index (χ1n) is 1.88. The zero-order valence-electron chi connectivity index (χ0n) is 4.05. The van der Waals surface area contributed by atoms with Crippen molar-refractivity contribution < 1.29 is 10.2 Å². The van der Waals surface area contributed by atoms with Gasteiger partial charge < -0.3 is 10.2 Å². The molecule has 0 aromatic heterocycles. The molecule has 40 valence electrons. The molecule has 0 radical (unpaired) electrons. The Balaban J connectivity index is 3.40. The van der Waals surface area contributed by atoms with E-state index in [4.69, 9.17) is 15.5 Å². The lowest BCUT2D eigenvalue weighted by molar-refractivity contribution is -0.139. The fourth-order valence-corrected chi connectivity index (χ4v) is 0.150. The summed E-state index contributed by atoms with van der Waals surface area (Å²) in [6.45, 7) is 1.16. The van der Waals surface area contributed by atoms with Crippen LogP contribution >= 0.6 is 0 Å². The molecule has 0 aliphatic rings. The van der Waals surface area contributed by atoms with Crippen LogP contribution in [0.5, 0.6) is 0 Å². The van der Waals surface area contributed by atoms with Crippen LogP contribution in [-0.4, -0.2) is 16.0 Å². The van der Waals surface area contributed by atoms with Crippen molar-refractivity contribution in [3.05, 3.63) is 0 Å². The molecule has 0 bridgehead atoms. The molecule has 7 heavy (non-hydrogen) atoms.